The van der Waals surface area contributed by atoms with E-state index in [4.69, 9.17) is 14.7 Å². The summed E-state index contributed by atoms with van der Waals surface area (Å²) in [7, 11) is 3.91. The number of fused-ring (bicyclic) bond motifs is 2. The number of piperidine rings is 1. The van der Waals surface area contributed by atoms with Gasteiger partial charge in [0.05, 0.1) is 23.1 Å². The highest BCUT2D eigenvalue weighted by Crippen LogP contribution is 2.33. The van der Waals surface area contributed by atoms with Crippen LogP contribution in [-0.4, -0.2) is 86.3 Å². The third-order valence-electron chi connectivity index (χ3n) is 8.26. The number of hydrogen-bond donors (Lipinski definition) is 4. The number of carbonyl (C=O) groups is 1. The predicted molar refractivity (Wildman–Crippen MR) is 178 cm³/mol. The molecule has 12 nitrogen and oxygen atoms in total. The van der Waals surface area contributed by atoms with E-state index in [-0.39, 0.29) is 5.91 Å². The van der Waals surface area contributed by atoms with E-state index < -0.39 is 5.82 Å². The van der Waals surface area contributed by atoms with Crippen molar-refractivity contribution in [2.45, 2.75) is 19.3 Å². The van der Waals surface area contributed by atoms with Crippen LogP contribution >= 0.6 is 0 Å². The van der Waals surface area contributed by atoms with Crippen LogP contribution in [0.15, 0.2) is 61.1 Å². The second-order valence-corrected chi connectivity index (χ2v) is 12.0. The lowest BCUT2D eigenvalue weighted by molar-refractivity contribution is -0.117. The van der Waals surface area contributed by atoms with Crippen LogP contribution in [0.1, 0.15) is 19.3 Å². The van der Waals surface area contributed by atoms with Gasteiger partial charge < -0.3 is 25.3 Å². The van der Waals surface area contributed by atoms with E-state index >= 15 is 0 Å². The number of likely N-dealkylation sites (N-methyl/N-ethyl adjacent to an activating group) is 1. The zero-order chi connectivity index (χ0) is 32.3. The summed E-state index contributed by atoms with van der Waals surface area (Å²) in [5.74, 6) is 0.877. The third-order valence-corrected chi connectivity index (χ3v) is 8.26. The maximum absolute atomic E-state index is 14.7. The molecule has 0 atom stereocenters. The first-order valence-electron chi connectivity index (χ1n) is 15.6. The maximum Gasteiger partial charge on any atom is 0.224 e. The summed E-state index contributed by atoms with van der Waals surface area (Å²) in [6.07, 6.45) is 7.51. The van der Waals surface area contributed by atoms with Crippen molar-refractivity contribution < 1.29 is 13.9 Å². The lowest BCUT2D eigenvalue weighted by Crippen LogP contribution is -2.30. The summed E-state index contributed by atoms with van der Waals surface area (Å²) in [4.78, 5) is 36.6. The van der Waals surface area contributed by atoms with Crippen LogP contribution in [0.4, 0.5) is 10.1 Å². The van der Waals surface area contributed by atoms with Crippen molar-refractivity contribution in [3.8, 4) is 39.7 Å². The fourth-order valence-corrected chi connectivity index (χ4v) is 5.84. The molecule has 0 saturated carbocycles. The van der Waals surface area contributed by atoms with Crippen LogP contribution in [0, 0.1) is 11.7 Å². The van der Waals surface area contributed by atoms with Gasteiger partial charge in [-0.2, -0.15) is 5.10 Å². The average molecular weight is 635 g/mol. The van der Waals surface area contributed by atoms with Gasteiger partial charge in [-0.05, 0) is 87.9 Å². The molecule has 5 aromatic heterocycles. The van der Waals surface area contributed by atoms with Crippen molar-refractivity contribution in [2.24, 2.45) is 5.92 Å². The second-order valence-electron chi connectivity index (χ2n) is 12.0. The highest BCUT2D eigenvalue weighted by Gasteiger charge is 2.20. The zero-order valence-corrected chi connectivity index (χ0v) is 26.2. The number of H-pyrrole nitrogens is 2. The number of carbonyl (C=O) groups excluding carboxylic acids is 1. The number of rotatable bonds is 10. The standard InChI is InChI=1S/C34H35FN10O2/c1-45(2)11-12-47-25-16-21(14-23(35)17-25)26-7-10-38-33-30(26)41-34(42-33)32-31-28(43-44-32)4-3-27(40-31)22-15-24(19-37-18-22)39-29(46)13-20-5-8-36-9-6-20/h3-4,7,10,14-20,36H,5-6,8-9,11-13H2,1-2H3,(H,39,46)(H,43,44)(H,38,41,42). The van der Waals surface area contributed by atoms with Crippen molar-refractivity contribution in [1.29, 1.82) is 0 Å². The Hall–Kier alpha value is -5.27. The molecule has 4 N–H and O–H groups in total. The Balaban J connectivity index is 1.16. The van der Waals surface area contributed by atoms with Crippen molar-refractivity contribution >= 4 is 33.8 Å². The first-order valence-corrected chi connectivity index (χ1v) is 15.6. The van der Waals surface area contributed by atoms with E-state index in [0.717, 1.165) is 37.0 Å². The Morgan fingerprint density at radius 3 is 2.77 bits per heavy atom. The molecular formula is C34H35FN10O2. The van der Waals surface area contributed by atoms with E-state index in [0.29, 0.717) is 81.9 Å². The van der Waals surface area contributed by atoms with E-state index in [9.17, 15) is 9.18 Å². The lowest BCUT2D eigenvalue weighted by Gasteiger charge is -2.21. The van der Waals surface area contributed by atoms with Gasteiger partial charge in [-0.25, -0.2) is 19.3 Å². The van der Waals surface area contributed by atoms with Gasteiger partial charge in [-0.1, -0.05) is 0 Å². The van der Waals surface area contributed by atoms with Crippen LogP contribution in [0.25, 0.3) is 56.1 Å². The minimum absolute atomic E-state index is 0.0134. The molecule has 6 heterocycles. The molecule has 0 spiro atoms. The molecule has 1 amide bonds. The smallest absolute Gasteiger partial charge is 0.224 e. The van der Waals surface area contributed by atoms with E-state index in [2.05, 4.69) is 35.8 Å². The Bertz CT molecular complexity index is 2050. The molecule has 1 fully saturated rings. The molecule has 0 unspecified atom stereocenters. The molecule has 47 heavy (non-hydrogen) atoms. The highest BCUT2D eigenvalue weighted by atomic mass is 19.1. The number of hydrogen-bond acceptors (Lipinski definition) is 9. The molecule has 240 valence electrons. The number of benzene rings is 1. The van der Waals surface area contributed by atoms with Gasteiger partial charge in [0.15, 0.2) is 17.2 Å². The molecule has 1 aliphatic rings. The SMILES string of the molecule is CN(C)CCOc1cc(F)cc(-c2ccnc3[nH]c(-c4n[nH]c5ccc(-c6cncc(NC(=O)CC7CCNCC7)c6)nc45)nc23)c1. The fraction of sp³-hybridized carbons (Fsp3) is 0.294. The van der Waals surface area contributed by atoms with E-state index in [1.807, 2.05) is 37.2 Å². The first-order chi connectivity index (χ1) is 22.9. The molecule has 13 heteroatoms. The molecule has 0 radical (unpaired) electrons. The summed E-state index contributed by atoms with van der Waals surface area (Å²) < 4.78 is 20.5. The van der Waals surface area contributed by atoms with Gasteiger partial charge >= 0.3 is 0 Å². The molecule has 0 bridgehead atoms. The Labute approximate surface area is 270 Å². The van der Waals surface area contributed by atoms with Crippen LogP contribution in [0.5, 0.6) is 5.75 Å². The van der Waals surface area contributed by atoms with Gasteiger partial charge in [0.25, 0.3) is 0 Å². The van der Waals surface area contributed by atoms with Crippen molar-refractivity contribution in [3.63, 3.8) is 0 Å². The van der Waals surface area contributed by atoms with Crippen LogP contribution in [0.3, 0.4) is 0 Å². The number of ether oxygens (including phenoxy) is 1. The molecular weight excluding hydrogens is 599 g/mol. The summed E-state index contributed by atoms with van der Waals surface area (Å²) >= 11 is 0. The number of amides is 1. The quantitative estimate of drug-likeness (QED) is 0.163. The fourth-order valence-electron chi connectivity index (χ4n) is 5.84. The van der Waals surface area contributed by atoms with E-state index in [1.165, 1.54) is 12.1 Å². The number of halogens is 1. The number of nitrogens with one attached hydrogen (secondary N) is 4. The lowest BCUT2D eigenvalue weighted by atomic mass is 9.94. The Morgan fingerprint density at radius 2 is 1.91 bits per heavy atom. The summed E-state index contributed by atoms with van der Waals surface area (Å²) in [5.41, 5.74) is 6.30. The largest absolute Gasteiger partial charge is 0.492 e. The third kappa shape index (κ3) is 6.81. The van der Waals surface area contributed by atoms with Crippen LogP contribution < -0.4 is 15.4 Å². The van der Waals surface area contributed by atoms with Crippen molar-refractivity contribution in [2.75, 3.05) is 45.7 Å². The van der Waals surface area contributed by atoms with Crippen LogP contribution in [0.2, 0.25) is 0 Å². The Kier molecular flexibility index (Phi) is 8.55. The maximum atomic E-state index is 14.7. The predicted octanol–water partition coefficient (Wildman–Crippen LogP) is 5.03. The van der Waals surface area contributed by atoms with Gasteiger partial charge in [0, 0.05) is 42.6 Å². The molecule has 1 aliphatic heterocycles. The zero-order valence-electron chi connectivity index (χ0n) is 26.2. The highest BCUT2D eigenvalue weighted by molar-refractivity contribution is 5.95. The molecule has 0 aliphatic carbocycles. The van der Waals surface area contributed by atoms with Crippen molar-refractivity contribution in [3.05, 3.63) is 66.9 Å². The summed E-state index contributed by atoms with van der Waals surface area (Å²) in [6, 6.07) is 12.1. The monoisotopic (exact) mass is 634 g/mol. The number of anilines is 1. The van der Waals surface area contributed by atoms with Gasteiger partial charge in [-0.15, -0.1) is 0 Å². The normalized spacial score (nSPS) is 13.9. The molecule has 7 rings (SSSR count). The van der Waals surface area contributed by atoms with Gasteiger partial charge in [-0.3, -0.25) is 14.9 Å². The number of aromatic amines is 2. The first kappa shape index (κ1) is 30.4. The van der Waals surface area contributed by atoms with Crippen LogP contribution in [-0.2, 0) is 4.79 Å². The molecule has 1 saturated heterocycles. The molecule has 6 aromatic rings. The van der Waals surface area contributed by atoms with E-state index in [1.54, 1.807) is 30.7 Å². The number of pyridine rings is 3. The topological polar surface area (TPSA) is 150 Å². The molecule has 1 aromatic carbocycles. The Morgan fingerprint density at radius 1 is 1.04 bits per heavy atom. The van der Waals surface area contributed by atoms with Crippen molar-refractivity contribution in [1.82, 2.24) is 45.3 Å². The number of nitrogens with zero attached hydrogens (tertiary/aromatic N) is 6. The number of imidazole rings is 1. The summed E-state index contributed by atoms with van der Waals surface area (Å²) in [5, 5.41) is 13.9. The number of aromatic nitrogens is 7. The minimum atomic E-state index is -0.405. The second kappa shape index (κ2) is 13.2. The average Bonchev–Trinajstić information content (AvgIpc) is 3.69. The van der Waals surface area contributed by atoms with Gasteiger partial charge in [0.1, 0.15) is 29.2 Å². The minimum Gasteiger partial charge on any atom is -0.492 e. The van der Waals surface area contributed by atoms with Gasteiger partial charge in [0.2, 0.25) is 5.91 Å². The summed E-state index contributed by atoms with van der Waals surface area (Å²) in [6.45, 7) is 3.04.